The monoisotopic (exact) mass is 168 g/mol. The first-order chi connectivity index (χ1) is 5.52. The molecule has 0 saturated heterocycles. The van der Waals surface area contributed by atoms with Crippen molar-refractivity contribution in [1.29, 1.82) is 0 Å². The van der Waals surface area contributed by atoms with Crippen molar-refractivity contribution < 1.29 is 14.3 Å². The summed E-state index contributed by atoms with van der Waals surface area (Å²) >= 11 is 0. The number of furan rings is 1. The van der Waals surface area contributed by atoms with Crippen LogP contribution in [0.4, 0.5) is 0 Å². The van der Waals surface area contributed by atoms with Crippen LogP contribution in [-0.2, 0) is 4.79 Å². The first-order valence-corrected chi connectivity index (χ1v) is 3.82. The molecule has 0 amide bonds. The van der Waals surface area contributed by atoms with Gasteiger partial charge >= 0.3 is 5.97 Å². The van der Waals surface area contributed by atoms with Crippen molar-refractivity contribution in [2.24, 2.45) is 0 Å². The quantitative estimate of drug-likeness (QED) is 0.735. The van der Waals surface area contributed by atoms with Crippen molar-refractivity contribution in [3.8, 4) is 0 Å². The summed E-state index contributed by atoms with van der Waals surface area (Å²) in [6.07, 6.45) is 0. The summed E-state index contributed by atoms with van der Waals surface area (Å²) < 4.78 is 5.22. The lowest BCUT2D eigenvalue weighted by Gasteiger charge is -2.02. The Bertz CT molecular complexity index is 299. The molecule has 1 heterocycles. The normalized spacial score (nSPS) is 12.9. The Morgan fingerprint density at radius 1 is 1.58 bits per heavy atom. The van der Waals surface area contributed by atoms with E-state index in [9.17, 15) is 4.79 Å². The SMILES string of the molecule is Cc1cc([C@@H](C)C(=O)O)c(C)o1. The van der Waals surface area contributed by atoms with Crippen LogP contribution in [-0.4, -0.2) is 11.1 Å². The Labute approximate surface area is 71.0 Å². The van der Waals surface area contributed by atoms with Crippen LogP contribution in [0.5, 0.6) is 0 Å². The molecule has 3 heteroatoms. The van der Waals surface area contributed by atoms with Gasteiger partial charge in [0.2, 0.25) is 0 Å². The third-order valence-corrected chi connectivity index (χ3v) is 1.92. The largest absolute Gasteiger partial charge is 0.481 e. The maximum Gasteiger partial charge on any atom is 0.310 e. The maximum absolute atomic E-state index is 10.6. The van der Waals surface area contributed by atoms with Crippen LogP contribution in [0.2, 0.25) is 0 Å². The third kappa shape index (κ3) is 1.49. The molecule has 12 heavy (non-hydrogen) atoms. The fraction of sp³-hybridized carbons (Fsp3) is 0.444. The first kappa shape index (κ1) is 8.84. The first-order valence-electron chi connectivity index (χ1n) is 3.82. The molecule has 0 bridgehead atoms. The third-order valence-electron chi connectivity index (χ3n) is 1.92. The molecule has 0 radical (unpaired) electrons. The Balaban J connectivity index is 3.02. The van der Waals surface area contributed by atoms with Crippen molar-refractivity contribution in [2.75, 3.05) is 0 Å². The summed E-state index contributed by atoms with van der Waals surface area (Å²) in [4.78, 5) is 10.6. The molecule has 1 atom stereocenters. The zero-order chi connectivity index (χ0) is 9.30. The minimum absolute atomic E-state index is 0.484. The number of aliphatic carboxylic acids is 1. The van der Waals surface area contributed by atoms with Gasteiger partial charge in [-0.05, 0) is 26.8 Å². The van der Waals surface area contributed by atoms with E-state index in [4.69, 9.17) is 9.52 Å². The number of carboxylic acid groups (broad SMARTS) is 1. The van der Waals surface area contributed by atoms with Gasteiger partial charge in [-0.3, -0.25) is 4.79 Å². The Kier molecular flexibility index (Phi) is 2.22. The van der Waals surface area contributed by atoms with Gasteiger partial charge < -0.3 is 9.52 Å². The van der Waals surface area contributed by atoms with Gasteiger partial charge in [0.05, 0.1) is 5.92 Å². The maximum atomic E-state index is 10.6. The predicted molar refractivity (Wildman–Crippen MR) is 44.2 cm³/mol. The van der Waals surface area contributed by atoms with Crippen LogP contribution in [0.25, 0.3) is 0 Å². The fourth-order valence-corrected chi connectivity index (χ4v) is 1.21. The summed E-state index contributed by atoms with van der Waals surface area (Å²) in [5.74, 6) is 0.152. The lowest BCUT2D eigenvalue weighted by Crippen LogP contribution is -2.07. The molecule has 1 rings (SSSR count). The van der Waals surface area contributed by atoms with Crippen molar-refractivity contribution in [3.05, 3.63) is 23.2 Å². The molecule has 0 aliphatic heterocycles. The van der Waals surface area contributed by atoms with E-state index in [0.717, 1.165) is 11.3 Å². The molecule has 0 aliphatic rings. The van der Waals surface area contributed by atoms with E-state index >= 15 is 0 Å². The lowest BCUT2D eigenvalue weighted by molar-refractivity contribution is -0.138. The van der Waals surface area contributed by atoms with E-state index in [1.807, 2.05) is 6.92 Å². The number of hydrogen-bond donors (Lipinski definition) is 1. The highest BCUT2D eigenvalue weighted by atomic mass is 16.4. The summed E-state index contributed by atoms with van der Waals surface area (Å²) in [6.45, 7) is 5.24. The Hall–Kier alpha value is -1.25. The van der Waals surface area contributed by atoms with Gasteiger partial charge in [-0.2, -0.15) is 0 Å². The summed E-state index contributed by atoms with van der Waals surface area (Å²) in [7, 11) is 0. The summed E-state index contributed by atoms with van der Waals surface area (Å²) in [5.41, 5.74) is 0.764. The van der Waals surface area contributed by atoms with Crippen molar-refractivity contribution in [2.45, 2.75) is 26.7 Å². The van der Waals surface area contributed by atoms with Crippen molar-refractivity contribution >= 4 is 5.97 Å². The van der Waals surface area contributed by atoms with Gasteiger partial charge in [0.1, 0.15) is 11.5 Å². The van der Waals surface area contributed by atoms with E-state index in [-0.39, 0.29) is 0 Å². The molecule has 1 aromatic rings. The average Bonchev–Trinajstić information content (AvgIpc) is 2.28. The second kappa shape index (κ2) is 3.01. The second-order valence-electron chi connectivity index (χ2n) is 2.93. The average molecular weight is 168 g/mol. The van der Waals surface area contributed by atoms with Gasteiger partial charge in [-0.1, -0.05) is 0 Å². The fourth-order valence-electron chi connectivity index (χ4n) is 1.21. The highest BCUT2D eigenvalue weighted by Gasteiger charge is 2.18. The summed E-state index contributed by atoms with van der Waals surface area (Å²) in [6, 6.07) is 1.77. The number of hydrogen-bond acceptors (Lipinski definition) is 2. The highest BCUT2D eigenvalue weighted by molar-refractivity contribution is 5.75. The standard InChI is InChI=1S/C9H12O3/c1-5-4-8(7(3)12-5)6(2)9(10)11/h4,6H,1-3H3,(H,10,11)/t6-/m1/s1. The van der Waals surface area contributed by atoms with E-state index in [2.05, 4.69) is 0 Å². The van der Waals surface area contributed by atoms with Crippen molar-refractivity contribution in [1.82, 2.24) is 0 Å². The van der Waals surface area contributed by atoms with Crippen LogP contribution >= 0.6 is 0 Å². The zero-order valence-electron chi connectivity index (χ0n) is 7.42. The van der Waals surface area contributed by atoms with Crippen LogP contribution in [0.15, 0.2) is 10.5 Å². The highest BCUT2D eigenvalue weighted by Crippen LogP contribution is 2.22. The van der Waals surface area contributed by atoms with Crippen LogP contribution in [0, 0.1) is 13.8 Å². The van der Waals surface area contributed by atoms with E-state index in [0.29, 0.717) is 5.76 Å². The minimum atomic E-state index is -0.820. The van der Waals surface area contributed by atoms with Crippen LogP contribution in [0.3, 0.4) is 0 Å². The molecule has 1 N–H and O–H groups in total. The van der Waals surface area contributed by atoms with E-state index in [1.165, 1.54) is 0 Å². The van der Waals surface area contributed by atoms with Gasteiger partial charge in [0.15, 0.2) is 0 Å². The van der Waals surface area contributed by atoms with Crippen LogP contribution < -0.4 is 0 Å². The van der Waals surface area contributed by atoms with Gasteiger partial charge in [-0.15, -0.1) is 0 Å². The predicted octanol–water partition coefficient (Wildman–Crippen LogP) is 2.08. The summed E-state index contributed by atoms with van der Waals surface area (Å²) in [5, 5.41) is 8.73. The number of rotatable bonds is 2. The molecule has 0 spiro atoms. The molecule has 1 aromatic heterocycles. The molecular formula is C9H12O3. The molecule has 0 fully saturated rings. The van der Waals surface area contributed by atoms with E-state index in [1.54, 1.807) is 19.9 Å². The molecule has 0 unspecified atom stereocenters. The topological polar surface area (TPSA) is 50.4 Å². The Morgan fingerprint density at radius 3 is 2.50 bits per heavy atom. The van der Waals surface area contributed by atoms with Crippen LogP contribution in [0.1, 0.15) is 29.9 Å². The smallest absolute Gasteiger partial charge is 0.310 e. The van der Waals surface area contributed by atoms with E-state index < -0.39 is 11.9 Å². The number of aryl methyl sites for hydroxylation is 2. The molecule has 0 aromatic carbocycles. The zero-order valence-corrected chi connectivity index (χ0v) is 7.42. The van der Waals surface area contributed by atoms with Gasteiger partial charge in [-0.25, -0.2) is 0 Å². The lowest BCUT2D eigenvalue weighted by atomic mass is 10.0. The van der Waals surface area contributed by atoms with Gasteiger partial charge in [0.25, 0.3) is 0 Å². The molecule has 0 aliphatic carbocycles. The minimum Gasteiger partial charge on any atom is -0.481 e. The van der Waals surface area contributed by atoms with Gasteiger partial charge in [0, 0.05) is 5.56 Å². The molecular weight excluding hydrogens is 156 g/mol. The molecule has 0 saturated carbocycles. The molecule has 66 valence electrons. The number of carboxylic acids is 1. The number of carbonyl (C=O) groups is 1. The van der Waals surface area contributed by atoms with Crippen molar-refractivity contribution in [3.63, 3.8) is 0 Å². The Morgan fingerprint density at radius 2 is 2.17 bits per heavy atom. The molecule has 3 nitrogen and oxygen atoms in total. The second-order valence-corrected chi connectivity index (χ2v) is 2.93.